The lowest BCUT2D eigenvalue weighted by atomic mass is 10.2. The highest BCUT2D eigenvalue weighted by Crippen LogP contribution is 2.27. The van der Waals surface area contributed by atoms with Gasteiger partial charge in [-0.1, -0.05) is 19.9 Å². The smallest absolute Gasteiger partial charge is 0.0428 e. The molecule has 0 fully saturated rings. The van der Waals surface area contributed by atoms with Crippen LogP contribution >= 0.6 is 11.3 Å². The lowest BCUT2D eigenvalue weighted by molar-refractivity contribution is 1.22. The van der Waals surface area contributed by atoms with Crippen LogP contribution in [0.5, 0.6) is 0 Å². The van der Waals surface area contributed by atoms with Crippen molar-refractivity contribution in [3.8, 4) is 0 Å². The normalized spacial score (nSPS) is 9.36. The van der Waals surface area contributed by atoms with Gasteiger partial charge in [-0.05, 0) is 30.5 Å². The Balaban J connectivity index is 0.000000461. The minimum Gasteiger partial charge on any atom is -0.385 e. The molecule has 0 radical (unpaired) electrons. The standard InChI is InChI=1S/C10H11NS.C2H6/c1-2-11-9-4-3-5-10-8(9)6-7-12-10;1-2/h3-7,11H,2H2,1H3;1-2H3. The molecule has 2 heteroatoms. The molecule has 0 atom stereocenters. The number of fused-ring (bicyclic) bond motifs is 1. The van der Waals surface area contributed by atoms with Crippen LogP contribution in [0.3, 0.4) is 0 Å². The molecule has 0 unspecified atom stereocenters. The average Bonchev–Trinajstić information content (AvgIpc) is 2.70. The topological polar surface area (TPSA) is 12.0 Å². The Hall–Kier alpha value is -1.02. The van der Waals surface area contributed by atoms with Gasteiger partial charge in [-0.15, -0.1) is 11.3 Å². The van der Waals surface area contributed by atoms with Crippen molar-refractivity contribution >= 4 is 27.1 Å². The Morgan fingerprint density at radius 2 is 2.00 bits per heavy atom. The molecule has 0 aliphatic rings. The van der Waals surface area contributed by atoms with Gasteiger partial charge in [0.15, 0.2) is 0 Å². The summed E-state index contributed by atoms with van der Waals surface area (Å²) >= 11 is 1.79. The molecule has 14 heavy (non-hydrogen) atoms. The maximum atomic E-state index is 3.34. The Labute approximate surface area is 89.8 Å². The molecule has 1 N–H and O–H groups in total. The number of benzene rings is 1. The zero-order valence-corrected chi connectivity index (χ0v) is 9.82. The van der Waals surface area contributed by atoms with Crippen LogP contribution in [0.25, 0.3) is 10.1 Å². The van der Waals surface area contributed by atoms with Crippen molar-refractivity contribution < 1.29 is 0 Å². The van der Waals surface area contributed by atoms with E-state index in [9.17, 15) is 0 Å². The van der Waals surface area contributed by atoms with Gasteiger partial charge in [0.05, 0.1) is 0 Å². The fourth-order valence-corrected chi connectivity index (χ4v) is 2.15. The first kappa shape index (κ1) is 11.1. The van der Waals surface area contributed by atoms with Gasteiger partial charge < -0.3 is 5.32 Å². The Bertz CT molecular complexity index is 378. The monoisotopic (exact) mass is 207 g/mol. The molecule has 76 valence electrons. The lowest BCUT2D eigenvalue weighted by Gasteiger charge is -2.03. The summed E-state index contributed by atoms with van der Waals surface area (Å²) in [6.45, 7) is 7.10. The van der Waals surface area contributed by atoms with Crippen LogP contribution in [-0.4, -0.2) is 6.54 Å². The quantitative estimate of drug-likeness (QED) is 0.771. The van der Waals surface area contributed by atoms with E-state index in [0.717, 1.165) is 6.54 Å². The van der Waals surface area contributed by atoms with E-state index in [1.807, 2.05) is 13.8 Å². The van der Waals surface area contributed by atoms with E-state index < -0.39 is 0 Å². The van der Waals surface area contributed by atoms with Crippen LogP contribution in [0, 0.1) is 0 Å². The number of rotatable bonds is 2. The van der Waals surface area contributed by atoms with Crippen molar-refractivity contribution in [1.29, 1.82) is 0 Å². The summed E-state index contributed by atoms with van der Waals surface area (Å²) in [4.78, 5) is 0. The summed E-state index contributed by atoms with van der Waals surface area (Å²) < 4.78 is 1.36. The summed E-state index contributed by atoms with van der Waals surface area (Å²) in [5.74, 6) is 0. The van der Waals surface area contributed by atoms with Crippen LogP contribution in [-0.2, 0) is 0 Å². The first-order chi connectivity index (χ1) is 6.92. The second-order valence-electron chi connectivity index (χ2n) is 2.67. The maximum Gasteiger partial charge on any atom is 0.0428 e. The summed E-state index contributed by atoms with van der Waals surface area (Å²) in [6, 6.07) is 8.54. The molecule has 0 spiro atoms. The molecular formula is C12H17NS. The van der Waals surface area contributed by atoms with Gasteiger partial charge in [0.2, 0.25) is 0 Å². The van der Waals surface area contributed by atoms with Gasteiger partial charge >= 0.3 is 0 Å². The average molecular weight is 207 g/mol. The van der Waals surface area contributed by atoms with E-state index in [-0.39, 0.29) is 0 Å². The Kier molecular flexibility index (Phi) is 4.47. The van der Waals surface area contributed by atoms with E-state index in [0.29, 0.717) is 0 Å². The molecule has 0 aliphatic carbocycles. The molecular weight excluding hydrogens is 190 g/mol. The van der Waals surface area contributed by atoms with E-state index >= 15 is 0 Å². The second-order valence-corrected chi connectivity index (χ2v) is 3.62. The molecule has 0 aliphatic heterocycles. The SMILES string of the molecule is CC.CCNc1cccc2sccc12. The van der Waals surface area contributed by atoms with Crippen molar-refractivity contribution in [3.63, 3.8) is 0 Å². The highest BCUT2D eigenvalue weighted by atomic mass is 32.1. The predicted molar refractivity (Wildman–Crippen MR) is 67.3 cm³/mol. The first-order valence-corrected chi connectivity index (χ1v) is 6.00. The van der Waals surface area contributed by atoms with Crippen LogP contribution in [0.1, 0.15) is 20.8 Å². The molecule has 1 nitrogen and oxygen atoms in total. The zero-order chi connectivity index (χ0) is 10.4. The highest BCUT2D eigenvalue weighted by molar-refractivity contribution is 7.17. The van der Waals surface area contributed by atoms with E-state index in [4.69, 9.17) is 0 Å². The van der Waals surface area contributed by atoms with Crippen molar-refractivity contribution in [1.82, 2.24) is 0 Å². The van der Waals surface area contributed by atoms with Crippen LogP contribution in [0.4, 0.5) is 5.69 Å². The molecule has 2 aromatic rings. The van der Waals surface area contributed by atoms with E-state index in [1.54, 1.807) is 11.3 Å². The minimum absolute atomic E-state index is 0.981. The van der Waals surface area contributed by atoms with Gasteiger partial charge in [-0.25, -0.2) is 0 Å². The van der Waals surface area contributed by atoms with Crippen LogP contribution in [0.15, 0.2) is 29.6 Å². The number of thiophene rings is 1. The summed E-state index contributed by atoms with van der Waals surface area (Å²) in [5, 5.41) is 6.81. The number of hydrogen-bond acceptors (Lipinski definition) is 2. The van der Waals surface area contributed by atoms with Crippen molar-refractivity contribution in [2.24, 2.45) is 0 Å². The maximum absolute atomic E-state index is 3.34. The highest BCUT2D eigenvalue weighted by Gasteiger charge is 1.98. The number of nitrogens with one attached hydrogen (secondary N) is 1. The van der Waals surface area contributed by atoms with Crippen molar-refractivity contribution in [3.05, 3.63) is 29.6 Å². The molecule has 1 aromatic carbocycles. The molecule has 0 bridgehead atoms. The third-order valence-corrected chi connectivity index (χ3v) is 2.75. The third kappa shape index (κ3) is 2.26. The van der Waals surface area contributed by atoms with E-state index in [2.05, 4.69) is 41.9 Å². The Morgan fingerprint density at radius 3 is 2.71 bits per heavy atom. The van der Waals surface area contributed by atoms with Gasteiger partial charge in [-0.2, -0.15) is 0 Å². The fraction of sp³-hybridized carbons (Fsp3) is 0.333. The molecule has 1 aromatic heterocycles. The van der Waals surface area contributed by atoms with Gasteiger partial charge in [-0.3, -0.25) is 0 Å². The molecule has 0 saturated carbocycles. The summed E-state index contributed by atoms with van der Waals surface area (Å²) in [7, 11) is 0. The minimum atomic E-state index is 0.981. The van der Waals surface area contributed by atoms with E-state index in [1.165, 1.54) is 15.8 Å². The lowest BCUT2D eigenvalue weighted by Crippen LogP contribution is -1.95. The first-order valence-electron chi connectivity index (χ1n) is 5.12. The fourth-order valence-electron chi connectivity index (χ4n) is 1.34. The summed E-state index contributed by atoms with van der Waals surface area (Å²) in [5.41, 5.74) is 1.25. The van der Waals surface area contributed by atoms with Crippen molar-refractivity contribution in [2.45, 2.75) is 20.8 Å². The molecule has 2 rings (SSSR count). The summed E-state index contributed by atoms with van der Waals surface area (Å²) in [6.07, 6.45) is 0. The Morgan fingerprint density at radius 1 is 1.21 bits per heavy atom. The molecule has 0 amide bonds. The number of hydrogen-bond donors (Lipinski definition) is 1. The van der Waals surface area contributed by atoms with Gasteiger partial charge in [0, 0.05) is 22.3 Å². The third-order valence-electron chi connectivity index (χ3n) is 1.86. The predicted octanol–water partition coefficient (Wildman–Crippen LogP) is 4.36. The van der Waals surface area contributed by atoms with Gasteiger partial charge in [0.1, 0.15) is 0 Å². The largest absolute Gasteiger partial charge is 0.385 e. The zero-order valence-electron chi connectivity index (χ0n) is 9.00. The molecule has 0 saturated heterocycles. The molecule has 1 heterocycles. The number of anilines is 1. The van der Waals surface area contributed by atoms with Crippen LogP contribution in [0.2, 0.25) is 0 Å². The second kappa shape index (κ2) is 5.66. The van der Waals surface area contributed by atoms with Gasteiger partial charge in [0.25, 0.3) is 0 Å². The van der Waals surface area contributed by atoms with Crippen LogP contribution < -0.4 is 5.32 Å². The van der Waals surface area contributed by atoms with Crippen molar-refractivity contribution in [2.75, 3.05) is 11.9 Å².